The van der Waals surface area contributed by atoms with Gasteiger partial charge in [0.2, 0.25) is 5.82 Å². The second kappa shape index (κ2) is 4.44. The molecule has 0 unspecified atom stereocenters. The van der Waals surface area contributed by atoms with E-state index in [1.54, 1.807) is 6.92 Å². The first-order valence-corrected chi connectivity index (χ1v) is 4.08. The predicted molar refractivity (Wildman–Crippen MR) is 46.3 cm³/mol. The first kappa shape index (κ1) is 9.50. The molecule has 0 radical (unpaired) electrons. The van der Waals surface area contributed by atoms with E-state index < -0.39 is 0 Å². The Hall–Kier alpha value is -1.59. The number of hydrogen-bond donors (Lipinski definition) is 2. The Morgan fingerprint density at radius 1 is 1.54 bits per heavy atom. The second-order valence-electron chi connectivity index (χ2n) is 2.58. The lowest BCUT2D eigenvalue weighted by Gasteiger charge is -2.02. The molecule has 0 aliphatic carbocycles. The first-order chi connectivity index (χ1) is 6.24. The molecule has 0 fully saturated rings. The van der Waals surface area contributed by atoms with Crippen LogP contribution in [0.3, 0.4) is 0 Å². The molecule has 13 heavy (non-hydrogen) atoms. The van der Waals surface area contributed by atoms with E-state index in [4.69, 9.17) is 0 Å². The molecule has 0 aromatic carbocycles. The second-order valence-corrected chi connectivity index (χ2v) is 2.58. The van der Waals surface area contributed by atoms with Crippen molar-refractivity contribution in [2.75, 3.05) is 11.9 Å². The maximum atomic E-state index is 11.1. The van der Waals surface area contributed by atoms with E-state index >= 15 is 0 Å². The number of carbonyl (C=O) groups excluding carboxylic acids is 1. The van der Waals surface area contributed by atoms with E-state index in [2.05, 4.69) is 25.6 Å². The highest BCUT2D eigenvalue weighted by molar-refractivity contribution is 5.88. The molecule has 0 atom stereocenters. The standard InChI is InChI=1S/C7H12N4O2/c1-3-4-8-7(12)9-6-5(2)10-13-11-6/h3-4H2,1-2H3,(H2,8,9,11,12). The van der Waals surface area contributed by atoms with Crippen LogP contribution in [0.5, 0.6) is 0 Å². The molecule has 0 aliphatic rings. The molecular formula is C7H12N4O2. The van der Waals surface area contributed by atoms with Gasteiger partial charge < -0.3 is 5.32 Å². The predicted octanol–water partition coefficient (Wildman–Crippen LogP) is 0.910. The maximum Gasteiger partial charge on any atom is 0.320 e. The average molecular weight is 184 g/mol. The Labute approximate surface area is 75.7 Å². The van der Waals surface area contributed by atoms with Gasteiger partial charge in [0.1, 0.15) is 5.69 Å². The first-order valence-electron chi connectivity index (χ1n) is 4.08. The molecule has 0 aliphatic heterocycles. The molecule has 1 rings (SSSR count). The minimum absolute atomic E-state index is 0.291. The topological polar surface area (TPSA) is 80.0 Å². The summed E-state index contributed by atoms with van der Waals surface area (Å²) in [7, 11) is 0. The van der Waals surface area contributed by atoms with Crippen molar-refractivity contribution in [3.8, 4) is 0 Å². The zero-order valence-corrected chi connectivity index (χ0v) is 7.63. The minimum Gasteiger partial charge on any atom is -0.338 e. The Balaban J connectivity index is 2.41. The average Bonchev–Trinajstić information content (AvgIpc) is 2.48. The molecule has 1 heterocycles. The third-order valence-corrected chi connectivity index (χ3v) is 1.42. The van der Waals surface area contributed by atoms with Gasteiger partial charge in [-0.25, -0.2) is 9.42 Å². The molecule has 0 bridgehead atoms. The number of rotatable bonds is 3. The van der Waals surface area contributed by atoms with Crippen LogP contribution in [-0.4, -0.2) is 22.9 Å². The lowest BCUT2D eigenvalue weighted by atomic mass is 10.5. The van der Waals surface area contributed by atoms with Crippen LogP contribution in [0.15, 0.2) is 4.63 Å². The Kier molecular flexibility index (Phi) is 3.24. The summed E-state index contributed by atoms with van der Waals surface area (Å²) < 4.78 is 4.41. The van der Waals surface area contributed by atoms with E-state index in [9.17, 15) is 4.79 Å². The SMILES string of the molecule is CCCNC(=O)Nc1nonc1C. The van der Waals surface area contributed by atoms with Crippen LogP contribution < -0.4 is 10.6 Å². The number of urea groups is 1. The van der Waals surface area contributed by atoms with Gasteiger partial charge in [-0.05, 0) is 18.5 Å². The minimum atomic E-state index is -0.291. The summed E-state index contributed by atoms with van der Waals surface area (Å²) in [4.78, 5) is 11.1. The third kappa shape index (κ3) is 2.73. The largest absolute Gasteiger partial charge is 0.338 e. The highest BCUT2D eigenvalue weighted by Gasteiger charge is 2.07. The van der Waals surface area contributed by atoms with Gasteiger partial charge in [-0.1, -0.05) is 12.1 Å². The lowest BCUT2D eigenvalue weighted by Crippen LogP contribution is -2.29. The van der Waals surface area contributed by atoms with E-state index in [0.29, 0.717) is 18.1 Å². The summed E-state index contributed by atoms with van der Waals surface area (Å²) in [6.07, 6.45) is 0.892. The number of carbonyl (C=O) groups is 1. The Morgan fingerprint density at radius 3 is 2.85 bits per heavy atom. The lowest BCUT2D eigenvalue weighted by molar-refractivity contribution is 0.251. The van der Waals surface area contributed by atoms with Crippen molar-refractivity contribution in [1.29, 1.82) is 0 Å². The van der Waals surface area contributed by atoms with Crippen LogP contribution in [0.25, 0.3) is 0 Å². The van der Waals surface area contributed by atoms with Gasteiger partial charge in [0.15, 0.2) is 0 Å². The highest BCUT2D eigenvalue weighted by atomic mass is 16.6. The molecule has 0 spiro atoms. The van der Waals surface area contributed by atoms with Crippen molar-refractivity contribution in [2.24, 2.45) is 0 Å². The van der Waals surface area contributed by atoms with Crippen molar-refractivity contribution in [3.63, 3.8) is 0 Å². The number of anilines is 1. The molecule has 6 heteroatoms. The summed E-state index contributed by atoms with van der Waals surface area (Å²) >= 11 is 0. The molecule has 0 saturated heterocycles. The summed E-state index contributed by atoms with van der Waals surface area (Å²) in [5.41, 5.74) is 0.562. The highest BCUT2D eigenvalue weighted by Crippen LogP contribution is 2.05. The van der Waals surface area contributed by atoms with Gasteiger partial charge in [-0.2, -0.15) is 0 Å². The van der Waals surface area contributed by atoms with Crippen LogP contribution in [0.4, 0.5) is 10.6 Å². The number of aromatic nitrogens is 2. The normalized spacial score (nSPS) is 9.69. The van der Waals surface area contributed by atoms with Gasteiger partial charge >= 0.3 is 6.03 Å². The molecular weight excluding hydrogens is 172 g/mol. The van der Waals surface area contributed by atoms with Crippen molar-refractivity contribution in [1.82, 2.24) is 15.6 Å². The summed E-state index contributed by atoms with van der Waals surface area (Å²) in [5, 5.41) is 12.2. The molecule has 2 amide bonds. The van der Waals surface area contributed by atoms with Gasteiger partial charge in [0, 0.05) is 6.54 Å². The van der Waals surface area contributed by atoms with Gasteiger partial charge in [-0.3, -0.25) is 5.32 Å². The zero-order chi connectivity index (χ0) is 9.68. The zero-order valence-electron chi connectivity index (χ0n) is 7.63. The monoisotopic (exact) mass is 184 g/mol. The van der Waals surface area contributed by atoms with E-state index in [0.717, 1.165) is 6.42 Å². The Bertz CT molecular complexity index is 284. The fourth-order valence-electron chi connectivity index (χ4n) is 0.735. The van der Waals surface area contributed by atoms with Crippen molar-refractivity contribution in [3.05, 3.63) is 5.69 Å². The van der Waals surface area contributed by atoms with Crippen LogP contribution in [-0.2, 0) is 0 Å². The quantitative estimate of drug-likeness (QED) is 0.731. The number of nitrogens with zero attached hydrogens (tertiary/aromatic N) is 2. The molecule has 1 aromatic rings. The smallest absolute Gasteiger partial charge is 0.320 e. The Morgan fingerprint density at radius 2 is 2.31 bits per heavy atom. The van der Waals surface area contributed by atoms with Crippen molar-refractivity contribution >= 4 is 11.8 Å². The molecule has 2 N–H and O–H groups in total. The van der Waals surface area contributed by atoms with Crippen LogP contribution in [0, 0.1) is 6.92 Å². The van der Waals surface area contributed by atoms with E-state index in [-0.39, 0.29) is 6.03 Å². The molecule has 1 aromatic heterocycles. The number of hydrogen-bond acceptors (Lipinski definition) is 4. The van der Waals surface area contributed by atoms with Gasteiger partial charge in [-0.15, -0.1) is 0 Å². The van der Waals surface area contributed by atoms with Gasteiger partial charge in [0.25, 0.3) is 0 Å². The number of amides is 2. The number of nitrogens with one attached hydrogen (secondary N) is 2. The van der Waals surface area contributed by atoms with Crippen LogP contribution in [0.1, 0.15) is 19.0 Å². The fourth-order valence-corrected chi connectivity index (χ4v) is 0.735. The van der Waals surface area contributed by atoms with Gasteiger partial charge in [0.05, 0.1) is 0 Å². The summed E-state index contributed by atoms with van der Waals surface area (Å²) in [5.74, 6) is 0.355. The van der Waals surface area contributed by atoms with Crippen molar-refractivity contribution in [2.45, 2.75) is 20.3 Å². The summed E-state index contributed by atoms with van der Waals surface area (Å²) in [6.45, 7) is 4.31. The molecule has 6 nitrogen and oxygen atoms in total. The molecule has 72 valence electrons. The van der Waals surface area contributed by atoms with E-state index in [1.807, 2.05) is 6.92 Å². The third-order valence-electron chi connectivity index (χ3n) is 1.42. The maximum absolute atomic E-state index is 11.1. The number of aryl methyl sites for hydroxylation is 1. The van der Waals surface area contributed by atoms with Crippen LogP contribution in [0.2, 0.25) is 0 Å². The van der Waals surface area contributed by atoms with Crippen LogP contribution >= 0.6 is 0 Å². The molecule has 0 saturated carbocycles. The van der Waals surface area contributed by atoms with E-state index in [1.165, 1.54) is 0 Å². The fraction of sp³-hybridized carbons (Fsp3) is 0.571. The van der Waals surface area contributed by atoms with Crippen molar-refractivity contribution < 1.29 is 9.42 Å². The summed E-state index contributed by atoms with van der Waals surface area (Å²) in [6, 6.07) is -0.291.